The van der Waals surface area contributed by atoms with Gasteiger partial charge in [0.25, 0.3) is 5.91 Å². The van der Waals surface area contributed by atoms with Gasteiger partial charge in [0.1, 0.15) is 5.75 Å². The maximum Gasteiger partial charge on any atom is 0.331 e. The highest BCUT2D eigenvalue weighted by Gasteiger charge is 2.24. The van der Waals surface area contributed by atoms with Crippen molar-refractivity contribution in [2.45, 2.75) is 0 Å². The van der Waals surface area contributed by atoms with E-state index in [0.717, 1.165) is 27.9 Å². The van der Waals surface area contributed by atoms with Crippen molar-refractivity contribution in [1.29, 1.82) is 0 Å². The van der Waals surface area contributed by atoms with Gasteiger partial charge in [0, 0.05) is 16.1 Å². The molecule has 0 aliphatic carbocycles. The van der Waals surface area contributed by atoms with Crippen LogP contribution < -0.4 is 10.1 Å². The fraction of sp³-hybridized carbons (Fsp3) is 0.143. The Bertz CT molecular complexity index is 731. The predicted octanol–water partition coefficient (Wildman–Crippen LogP) is 2.07. The van der Waals surface area contributed by atoms with Gasteiger partial charge < -0.3 is 9.47 Å². The van der Waals surface area contributed by atoms with E-state index in [4.69, 9.17) is 4.74 Å². The third-order valence-corrected chi connectivity index (χ3v) is 4.27. The Morgan fingerprint density at radius 3 is 2.87 bits per heavy atom. The third-order valence-electron chi connectivity index (χ3n) is 2.65. The minimum atomic E-state index is -0.604. The molecule has 1 saturated heterocycles. The molecule has 1 aromatic carbocycles. The van der Waals surface area contributed by atoms with Crippen LogP contribution in [0, 0.1) is 0 Å². The van der Waals surface area contributed by atoms with Crippen molar-refractivity contribution in [3.63, 3.8) is 0 Å². The molecule has 0 saturated carbocycles. The van der Waals surface area contributed by atoms with Gasteiger partial charge in [0.15, 0.2) is 5.17 Å². The molecular weight excluding hydrogens is 386 g/mol. The fourth-order valence-corrected chi connectivity index (χ4v) is 2.62. The second kappa shape index (κ2) is 7.93. The number of carbonyl (C=O) groups excluding carboxylic acids is 2. The fourth-order valence-electron chi connectivity index (χ4n) is 1.53. The molecule has 9 heteroatoms. The molecule has 1 aromatic rings. The summed E-state index contributed by atoms with van der Waals surface area (Å²) in [4.78, 5) is 23.0. The molecule has 2 rings (SSSR count). The molecule has 0 bridgehead atoms. The first-order valence-corrected chi connectivity index (χ1v) is 7.88. The SMILES string of the molecule is COC(=O)/C=C1/S/C(=N\N=Cc2cc(OC)ccc2Br)NC1=O. The standard InChI is InChI=1S/C14H12BrN3O4S/c1-21-9-3-4-10(15)8(5-9)7-16-18-14-17-13(20)11(23-14)6-12(19)22-2/h3-7H,1-2H3,(H,17,18,20)/b11-6+,16-7?. The summed E-state index contributed by atoms with van der Waals surface area (Å²) in [6, 6.07) is 5.43. The number of thioether (sulfide) groups is 1. The quantitative estimate of drug-likeness (QED) is 0.363. The molecule has 0 spiro atoms. The lowest BCUT2D eigenvalue weighted by molar-refractivity contribution is -0.135. The van der Waals surface area contributed by atoms with Gasteiger partial charge >= 0.3 is 5.97 Å². The summed E-state index contributed by atoms with van der Waals surface area (Å²) in [6.45, 7) is 0. The highest BCUT2D eigenvalue weighted by atomic mass is 79.9. The predicted molar refractivity (Wildman–Crippen MR) is 91.6 cm³/mol. The van der Waals surface area contributed by atoms with Crippen molar-refractivity contribution < 1.29 is 19.1 Å². The summed E-state index contributed by atoms with van der Waals surface area (Å²) < 4.78 is 10.4. The van der Waals surface area contributed by atoms with Crippen molar-refractivity contribution in [3.05, 3.63) is 39.2 Å². The Hall–Kier alpha value is -2.13. The number of ether oxygens (including phenoxy) is 2. The van der Waals surface area contributed by atoms with E-state index < -0.39 is 11.9 Å². The second-order valence-electron chi connectivity index (χ2n) is 4.13. The van der Waals surface area contributed by atoms with Gasteiger partial charge in [-0.05, 0) is 30.0 Å². The Morgan fingerprint density at radius 2 is 2.17 bits per heavy atom. The van der Waals surface area contributed by atoms with E-state index in [1.807, 2.05) is 12.1 Å². The maximum absolute atomic E-state index is 11.6. The zero-order valence-corrected chi connectivity index (χ0v) is 14.6. The number of hydrogen-bond acceptors (Lipinski definition) is 7. The van der Waals surface area contributed by atoms with Crippen molar-refractivity contribution in [3.8, 4) is 5.75 Å². The van der Waals surface area contributed by atoms with Gasteiger partial charge in [-0.25, -0.2) is 4.79 Å². The van der Waals surface area contributed by atoms with Crippen molar-refractivity contribution in [1.82, 2.24) is 5.32 Å². The number of rotatable bonds is 4. The van der Waals surface area contributed by atoms with Gasteiger partial charge in [0.2, 0.25) is 0 Å². The smallest absolute Gasteiger partial charge is 0.331 e. The van der Waals surface area contributed by atoms with E-state index in [1.54, 1.807) is 13.2 Å². The summed E-state index contributed by atoms with van der Waals surface area (Å²) in [5.41, 5.74) is 0.772. The molecule has 0 unspecified atom stereocenters. The van der Waals surface area contributed by atoms with Gasteiger partial charge in [-0.15, -0.1) is 5.10 Å². The summed E-state index contributed by atoms with van der Waals surface area (Å²) in [5, 5.41) is 10.6. The molecule has 1 fully saturated rings. The van der Waals surface area contributed by atoms with Gasteiger partial charge in [-0.1, -0.05) is 15.9 Å². The van der Waals surface area contributed by atoms with Crippen molar-refractivity contribution in [2.75, 3.05) is 14.2 Å². The minimum absolute atomic E-state index is 0.202. The number of amides is 1. The first kappa shape index (κ1) is 17.2. The number of amidine groups is 1. The number of benzene rings is 1. The Kier molecular flexibility index (Phi) is 5.94. The summed E-state index contributed by atoms with van der Waals surface area (Å²) in [7, 11) is 2.81. The number of hydrogen-bond donors (Lipinski definition) is 1. The van der Waals surface area contributed by atoms with E-state index in [0.29, 0.717) is 5.75 Å². The van der Waals surface area contributed by atoms with Crippen molar-refractivity contribution in [2.24, 2.45) is 10.2 Å². The third kappa shape index (κ3) is 4.67. The lowest BCUT2D eigenvalue weighted by Crippen LogP contribution is -2.19. The molecule has 0 aromatic heterocycles. The number of carbonyl (C=O) groups is 2. The van der Waals surface area contributed by atoms with Crippen LogP contribution in [0.15, 0.2) is 43.9 Å². The molecule has 1 aliphatic rings. The molecule has 0 radical (unpaired) electrons. The monoisotopic (exact) mass is 397 g/mol. The first-order valence-electron chi connectivity index (χ1n) is 6.27. The van der Waals surface area contributed by atoms with E-state index in [1.165, 1.54) is 13.3 Å². The summed E-state index contributed by atoms with van der Waals surface area (Å²) in [6.07, 6.45) is 2.62. The highest BCUT2D eigenvalue weighted by Crippen LogP contribution is 2.24. The van der Waals surface area contributed by atoms with E-state index in [9.17, 15) is 9.59 Å². The highest BCUT2D eigenvalue weighted by molar-refractivity contribution is 9.10. The zero-order valence-electron chi connectivity index (χ0n) is 12.2. The van der Waals surface area contributed by atoms with Gasteiger partial charge in [0.05, 0.1) is 25.3 Å². The number of halogens is 1. The number of methoxy groups -OCH3 is 2. The number of esters is 1. The zero-order chi connectivity index (χ0) is 16.8. The Morgan fingerprint density at radius 1 is 1.39 bits per heavy atom. The Balaban J connectivity index is 2.11. The molecule has 1 N–H and O–H groups in total. The maximum atomic E-state index is 11.6. The van der Waals surface area contributed by atoms with Crippen LogP contribution in [0.4, 0.5) is 0 Å². The van der Waals surface area contributed by atoms with Crippen LogP contribution in [0.1, 0.15) is 5.56 Å². The molecular formula is C14H12BrN3O4S. The molecule has 1 aliphatic heterocycles. The van der Waals surface area contributed by atoms with Gasteiger partial charge in [-0.2, -0.15) is 5.10 Å². The van der Waals surface area contributed by atoms with Crippen LogP contribution in [-0.4, -0.2) is 37.5 Å². The molecule has 23 heavy (non-hydrogen) atoms. The molecule has 1 amide bonds. The lowest BCUT2D eigenvalue weighted by atomic mass is 10.2. The second-order valence-corrected chi connectivity index (χ2v) is 6.01. The van der Waals surface area contributed by atoms with E-state index in [-0.39, 0.29) is 10.1 Å². The van der Waals surface area contributed by atoms with Crippen LogP contribution >= 0.6 is 27.7 Å². The molecule has 1 heterocycles. The van der Waals surface area contributed by atoms with E-state index >= 15 is 0 Å². The lowest BCUT2D eigenvalue weighted by Gasteiger charge is -2.02. The summed E-state index contributed by atoms with van der Waals surface area (Å²) in [5.74, 6) is -0.334. The first-order chi connectivity index (χ1) is 11.0. The molecule has 120 valence electrons. The van der Waals surface area contributed by atoms with Crippen molar-refractivity contribution >= 4 is 51.0 Å². The largest absolute Gasteiger partial charge is 0.497 e. The number of nitrogens with one attached hydrogen (secondary N) is 1. The number of nitrogens with zero attached hydrogens (tertiary/aromatic N) is 2. The van der Waals surface area contributed by atoms with Crippen LogP contribution in [0.3, 0.4) is 0 Å². The van der Waals surface area contributed by atoms with E-state index in [2.05, 4.69) is 36.2 Å². The van der Waals surface area contributed by atoms with Crippen LogP contribution in [0.2, 0.25) is 0 Å². The Labute approximate surface area is 145 Å². The van der Waals surface area contributed by atoms with Crippen LogP contribution in [0.5, 0.6) is 5.75 Å². The average Bonchev–Trinajstić information content (AvgIpc) is 2.88. The average molecular weight is 398 g/mol. The van der Waals surface area contributed by atoms with Crippen LogP contribution in [-0.2, 0) is 14.3 Å². The summed E-state index contributed by atoms with van der Waals surface area (Å²) >= 11 is 4.41. The minimum Gasteiger partial charge on any atom is -0.497 e. The molecule has 7 nitrogen and oxygen atoms in total. The topological polar surface area (TPSA) is 89.3 Å². The molecule has 0 atom stereocenters. The van der Waals surface area contributed by atoms with Gasteiger partial charge in [-0.3, -0.25) is 10.1 Å². The normalized spacial score (nSPS) is 17.8. The van der Waals surface area contributed by atoms with Crippen LogP contribution in [0.25, 0.3) is 0 Å².